The zero-order valence-electron chi connectivity index (χ0n) is 19.1. The van der Waals surface area contributed by atoms with Crippen LogP contribution in [0.25, 0.3) is 0 Å². The van der Waals surface area contributed by atoms with Gasteiger partial charge in [0.05, 0.1) is 6.61 Å². The van der Waals surface area contributed by atoms with Gasteiger partial charge in [-0.3, -0.25) is 0 Å². The molecule has 0 bridgehead atoms. The first-order chi connectivity index (χ1) is 11.7. The molecule has 3 N–H and O–H groups in total. The van der Waals surface area contributed by atoms with E-state index >= 15 is 0 Å². The minimum Gasteiger partial charge on any atom is -0.388 e. The Bertz CT molecular complexity index is 287. The van der Waals surface area contributed by atoms with Crippen LogP contribution in [0.5, 0.6) is 0 Å². The summed E-state index contributed by atoms with van der Waals surface area (Å²) in [6, 6.07) is 0. The van der Waals surface area contributed by atoms with Gasteiger partial charge >= 0.3 is 0 Å². The number of hydrogen-bond donors (Lipinski definition) is 2. The second-order valence-corrected chi connectivity index (χ2v) is 6.18. The van der Waals surface area contributed by atoms with Crippen molar-refractivity contribution >= 4 is 0 Å². The van der Waals surface area contributed by atoms with Crippen molar-refractivity contribution in [3.8, 4) is 0 Å². The van der Waals surface area contributed by atoms with Crippen LogP contribution < -0.4 is 11.2 Å². The molecular formula is C21H49N3O. The van der Waals surface area contributed by atoms with Crippen LogP contribution in [0.4, 0.5) is 0 Å². The summed E-state index contributed by atoms with van der Waals surface area (Å²) in [6.07, 6.45) is 3.18. The lowest BCUT2D eigenvalue weighted by atomic mass is 9.90. The van der Waals surface area contributed by atoms with Crippen molar-refractivity contribution in [2.24, 2.45) is 11.3 Å². The van der Waals surface area contributed by atoms with E-state index < -0.39 is 0 Å². The Morgan fingerprint density at radius 2 is 1.52 bits per heavy atom. The molecule has 0 saturated carbocycles. The molecular weight excluding hydrogens is 310 g/mol. The molecule has 0 radical (unpaired) electrons. The predicted molar refractivity (Wildman–Crippen MR) is 116 cm³/mol. The maximum atomic E-state index is 5.41. The van der Waals surface area contributed by atoms with Crippen molar-refractivity contribution in [3.63, 3.8) is 0 Å². The van der Waals surface area contributed by atoms with Crippen molar-refractivity contribution < 1.29 is 4.74 Å². The van der Waals surface area contributed by atoms with E-state index in [9.17, 15) is 0 Å². The molecule has 25 heavy (non-hydrogen) atoms. The second-order valence-electron chi connectivity index (χ2n) is 6.18. The van der Waals surface area contributed by atoms with E-state index in [-0.39, 0.29) is 0 Å². The molecule has 0 unspecified atom stereocenters. The fourth-order valence-corrected chi connectivity index (χ4v) is 1.02. The molecule has 0 aromatic carbocycles. The van der Waals surface area contributed by atoms with Gasteiger partial charge in [-0.2, -0.15) is 0 Å². The summed E-state index contributed by atoms with van der Waals surface area (Å²) in [5, 5.41) is 4.85. The maximum Gasteiger partial charge on any atom is 0.0520 e. The Balaban J connectivity index is -0.000000184. The second kappa shape index (κ2) is 23.0. The summed E-state index contributed by atoms with van der Waals surface area (Å²) in [4.78, 5) is 0. The van der Waals surface area contributed by atoms with Crippen molar-refractivity contribution in [2.75, 3.05) is 26.8 Å². The highest BCUT2D eigenvalue weighted by molar-refractivity contribution is 4.92. The van der Waals surface area contributed by atoms with Gasteiger partial charge in [-0.15, -0.1) is 0 Å². The number of nitrogens with zero attached hydrogens (tertiary/aromatic N) is 1. The minimum absolute atomic E-state index is 0.354. The quantitative estimate of drug-likeness (QED) is 0.297. The highest BCUT2D eigenvalue weighted by atomic mass is 16.5. The van der Waals surface area contributed by atoms with Crippen molar-refractivity contribution in [1.29, 1.82) is 0 Å². The number of hydrogen-bond acceptors (Lipinski definition) is 4. The van der Waals surface area contributed by atoms with E-state index in [0.29, 0.717) is 5.41 Å². The Kier molecular flexibility index (Phi) is 29.2. The van der Waals surface area contributed by atoms with Crippen LogP contribution in [0.2, 0.25) is 0 Å². The van der Waals surface area contributed by atoms with Crippen LogP contribution in [-0.2, 0) is 4.74 Å². The first kappa shape index (κ1) is 31.7. The summed E-state index contributed by atoms with van der Waals surface area (Å²) in [6.45, 7) is 28.9. The van der Waals surface area contributed by atoms with E-state index in [1.165, 1.54) is 11.4 Å². The molecule has 0 aromatic rings. The van der Waals surface area contributed by atoms with Crippen molar-refractivity contribution in [1.82, 2.24) is 10.3 Å². The summed E-state index contributed by atoms with van der Waals surface area (Å²) < 4.78 is 5.41. The number of allylic oxidation sites excluding steroid dienone is 1. The van der Waals surface area contributed by atoms with Crippen LogP contribution in [0.1, 0.15) is 81.6 Å². The largest absolute Gasteiger partial charge is 0.388 e. The molecule has 0 aliphatic carbocycles. The average Bonchev–Trinajstić information content (AvgIpc) is 2.61. The molecule has 4 nitrogen and oxygen atoms in total. The van der Waals surface area contributed by atoms with Gasteiger partial charge in [0.15, 0.2) is 0 Å². The first-order valence-corrected chi connectivity index (χ1v) is 9.79. The zero-order chi connectivity index (χ0) is 20.9. The lowest BCUT2D eigenvalue weighted by Gasteiger charge is -2.24. The SMILES string of the molecule is C=C(C)N(C)N.C=C(CCOCCC)NCC(C)(C)CC.CC.CC. The monoisotopic (exact) mass is 359 g/mol. The van der Waals surface area contributed by atoms with Crippen LogP contribution >= 0.6 is 0 Å². The molecule has 0 atom stereocenters. The molecule has 0 heterocycles. The lowest BCUT2D eigenvalue weighted by Crippen LogP contribution is -2.28. The third kappa shape index (κ3) is 31.3. The van der Waals surface area contributed by atoms with Crippen molar-refractivity contribution in [3.05, 3.63) is 24.6 Å². The highest BCUT2D eigenvalue weighted by Gasteiger charge is 2.14. The number of hydrazine groups is 1. The summed E-state index contributed by atoms with van der Waals surface area (Å²) >= 11 is 0. The third-order valence-electron chi connectivity index (χ3n) is 3.27. The van der Waals surface area contributed by atoms with E-state index in [1.807, 2.05) is 34.6 Å². The molecule has 0 aliphatic rings. The van der Waals surface area contributed by atoms with Gasteiger partial charge in [-0.25, -0.2) is 5.84 Å². The van der Waals surface area contributed by atoms with Crippen LogP contribution in [0.15, 0.2) is 24.6 Å². The molecule has 0 rings (SSSR count). The molecule has 0 fully saturated rings. The predicted octanol–water partition coefficient (Wildman–Crippen LogP) is 5.72. The standard InChI is InChI=1S/C13H27NO.C4H10N2.2C2H6/c1-6-9-15-10-8-12(3)14-11-13(4,5)7-2;1-4(2)6(3)5;2*1-2/h14H,3,6-11H2,1-2,4-5H3;1,5H2,2-3H3;2*1-2H3. The van der Waals surface area contributed by atoms with Gasteiger partial charge < -0.3 is 15.1 Å². The Labute approximate surface area is 159 Å². The summed E-state index contributed by atoms with van der Waals surface area (Å²) in [7, 11) is 1.75. The number of nitrogens with one attached hydrogen (secondary N) is 1. The van der Waals surface area contributed by atoms with Gasteiger partial charge in [0, 0.05) is 38.0 Å². The van der Waals surface area contributed by atoms with E-state index in [2.05, 4.69) is 46.2 Å². The van der Waals surface area contributed by atoms with Crippen molar-refractivity contribution in [2.45, 2.75) is 81.6 Å². The molecule has 0 amide bonds. The smallest absolute Gasteiger partial charge is 0.0520 e. The van der Waals surface area contributed by atoms with Gasteiger partial charge in [0.2, 0.25) is 0 Å². The number of nitrogens with two attached hydrogens (primary N) is 1. The first-order valence-electron chi connectivity index (χ1n) is 9.79. The van der Waals surface area contributed by atoms with Crippen LogP contribution in [0.3, 0.4) is 0 Å². The van der Waals surface area contributed by atoms with Gasteiger partial charge in [-0.05, 0) is 25.2 Å². The Morgan fingerprint density at radius 3 is 1.84 bits per heavy atom. The fraction of sp³-hybridized carbons (Fsp3) is 0.810. The molecule has 4 heteroatoms. The Morgan fingerprint density at radius 1 is 1.08 bits per heavy atom. The van der Waals surface area contributed by atoms with E-state index in [1.54, 1.807) is 7.05 Å². The summed E-state index contributed by atoms with van der Waals surface area (Å²) in [5.74, 6) is 5.17. The molecule has 0 aliphatic heterocycles. The topological polar surface area (TPSA) is 50.5 Å². The highest BCUT2D eigenvalue weighted by Crippen LogP contribution is 2.18. The lowest BCUT2D eigenvalue weighted by molar-refractivity contribution is 0.136. The van der Waals surface area contributed by atoms with E-state index in [0.717, 1.165) is 44.0 Å². The molecule has 0 aromatic heterocycles. The van der Waals surface area contributed by atoms with Crippen LogP contribution in [-0.4, -0.2) is 31.8 Å². The van der Waals surface area contributed by atoms with Gasteiger partial charge in [0.25, 0.3) is 0 Å². The number of ether oxygens (including phenoxy) is 1. The molecule has 0 spiro atoms. The molecule has 0 saturated heterocycles. The average molecular weight is 360 g/mol. The molecule has 154 valence electrons. The normalized spacial score (nSPS) is 9.24. The third-order valence-corrected chi connectivity index (χ3v) is 3.27. The van der Waals surface area contributed by atoms with Crippen LogP contribution in [0, 0.1) is 5.41 Å². The van der Waals surface area contributed by atoms with E-state index in [4.69, 9.17) is 10.6 Å². The maximum absolute atomic E-state index is 5.41. The summed E-state index contributed by atoms with van der Waals surface area (Å²) in [5.41, 5.74) is 2.32. The minimum atomic E-state index is 0.354. The Hall–Kier alpha value is -1.00. The number of rotatable bonds is 10. The van der Waals surface area contributed by atoms with Gasteiger partial charge in [0.1, 0.15) is 0 Å². The van der Waals surface area contributed by atoms with Gasteiger partial charge in [-0.1, -0.05) is 68.5 Å². The zero-order valence-corrected chi connectivity index (χ0v) is 19.1. The fourth-order valence-electron chi connectivity index (χ4n) is 1.02.